The number of sulfone groups is 1. The summed E-state index contributed by atoms with van der Waals surface area (Å²) >= 11 is 0. The number of pyridine rings is 1. The number of nitro groups is 1. The Morgan fingerprint density at radius 2 is 1.82 bits per heavy atom. The smallest absolute Gasteiger partial charge is 0.297 e. The number of aromatic amines is 1. The fraction of sp³-hybridized carbons (Fsp3) is 0.491. The summed E-state index contributed by atoms with van der Waals surface area (Å²) < 4.78 is 57.2. The number of hydrogen-bond acceptors (Lipinski definition) is 15. The molecule has 388 valence electrons. The van der Waals surface area contributed by atoms with Gasteiger partial charge in [-0.05, 0) is 99.2 Å². The average molecular weight is 1030 g/mol. The van der Waals surface area contributed by atoms with Crippen LogP contribution in [0.2, 0.25) is 0 Å². The number of hydrogen-bond donors (Lipinski definition) is 3. The van der Waals surface area contributed by atoms with Gasteiger partial charge in [0, 0.05) is 86.9 Å². The van der Waals surface area contributed by atoms with E-state index in [0.717, 1.165) is 75.1 Å². The molecule has 1 saturated carbocycles. The van der Waals surface area contributed by atoms with Crippen molar-refractivity contribution >= 4 is 60.8 Å². The van der Waals surface area contributed by atoms with Crippen molar-refractivity contribution in [2.75, 3.05) is 80.8 Å². The fourth-order valence-electron chi connectivity index (χ4n) is 13.9. The number of rotatable bonds is 11. The Hall–Kier alpha value is -6.25. The van der Waals surface area contributed by atoms with Crippen LogP contribution in [0, 0.1) is 21.4 Å². The Bertz CT molecular complexity index is 3200. The van der Waals surface area contributed by atoms with Gasteiger partial charge in [0.25, 0.3) is 11.6 Å². The fourth-order valence-corrected chi connectivity index (χ4v) is 15.6. The van der Waals surface area contributed by atoms with Gasteiger partial charge in [0.05, 0.1) is 58.7 Å². The number of amides is 1. The number of H-pyrrole nitrogens is 1. The van der Waals surface area contributed by atoms with E-state index in [1.165, 1.54) is 17.2 Å². The predicted octanol–water partition coefficient (Wildman–Crippen LogP) is 7.60. The summed E-state index contributed by atoms with van der Waals surface area (Å²) in [4.78, 5) is 43.1. The Morgan fingerprint density at radius 1 is 0.986 bits per heavy atom. The van der Waals surface area contributed by atoms with Gasteiger partial charge in [-0.1, -0.05) is 36.4 Å². The van der Waals surface area contributed by atoms with E-state index in [1.54, 1.807) is 18.3 Å². The van der Waals surface area contributed by atoms with Gasteiger partial charge in [-0.15, -0.1) is 0 Å². The van der Waals surface area contributed by atoms with E-state index in [2.05, 4.69) is 62.8 Å². The summed E-state index contributed by atoms with van der Waals surface area (Å²) in [6, 6.07) is 19.0. The topological polar surface area (TPSA) is 211 Å². The lowest BCUT2D eigenvalue weighted by atomic mass is 9.59. The molecular weight excluding hydrogens is 963 g/mol. The van der Waals surface area contributed by atoms with E-state index < -0.39 is 26.4 Å². The van der Waals surface area contributed by atoms with Crippen LogP contribution in [0.1, 0.15) is 85.8 Å². The second kappa shape index (κ2) is 18.2. The van der Waals surface area contributed by atoms with Crippen molar-refractivity contribution in [3.8, 4) is 11.6 Å². The molecule has 5 aromatic rings. The minimum absolute atomic E-state index is 0.0273. The number of morpholine rings is 1. The second-order valence-electron chi connectivity index (χ2n) is 22.1. The Labute approximate surface area is 430 Å². The molecule has 2 bridgehead atoms. The third-order valence-electron chi connectivity index (χ3n) is 17.6. The number of benzene rings is 3. The molecule has 5 saturated heterocycles. The molecule has 74 heavy (non-hydrogen) atoms. The van der Waals surface area contributed by atoms with E-state index in [0.29, 0.717) is 75.0 Å². The maximum Gasteiger partial charge on any atom is 0.297 e. The van der Waals surface area contributed by atoms with Crippen LogP contribution < -0.4 is 30.3 Å². The van der Waals surface area contributed by atoms with Crippen LogP contribution >= 0.6 is 0 Å². The first kappa shape index (κ1) is 47.5. The van der Waals surface area contributed by atoms with E-state index in [-0.39, 0.29) is 87.1 Å². The highest BCUT2D eigenvalue weighted by molar-refractivity contribution is 7.91. The molecule has 2 aromatic heterocycles. The zero-order valence-corrected chi connectivity index (χ0v) is 42.5. The Kier molecular flexibility index (Phi) is 11.7. The molecule has 1 spiro atoms. The third kappa shape index (κ3) is 8.08. The summed E-state index contributed by atoms with van der Waals surface area (Å²) in [5, 5.41) is 17.2. The standard InChI is InChI=1S/C55H63N9O9S/c1-32(2)40-6-3-4-7-41(40)43-8-5-16-62(43)37-24-55(25-37)13-17-60(18-14-55)44-10-9-42(52(56)65)50(63-26-34-29-70-19-12-47(34)73-54-46(63)20-33-11-15-57-53(33)59-54)51(44)74(68,69)39-22-45(64(66)67)49-48(23-39)72-30-35(58-49)27-61-28-38-21-36(61)31-71-38/h3-4,6-7,9-11,15,20,22-23,34-38,43,47,58H,1,5,8,12-14,16-19,21,24-31H2,2H3,(H2,56,65)(H,57,59)/t34-,35+,36-,38-,43+,47-/m1/s1. The van der Waals surface area contributed by atoms with E-state index in [9.17, 15) is 14.9 Å². The lowest BCUT2D eigenvalue weighted by molar-refractivity contribution is -0.384. The molecule has 4 N–H and O–H groups in total. The molecule has 1 aliphatic carbocycles. The normalized spacial score (nSPS) is 26.6. The summed E-state index contributed by atoms with van der Waals surface area (Å²) in [6.45, 7) is 11.7. The van der Waals surface area contributed by atoms with Crippen molar-refractivity contribution in [1.29, 1.82) is 0 Å². The number of fused-ring (bicyclic) bond motifs is 6. The van der Waals surface area contributed by atoms with Crippen molar-refractivity contribution in [3.63, 3.8) is 0 Å². The summed E-state index contributed by atoms with van der Waals surface area (Å²) in [5.41, 5.74) is 11.2. The molecule has 9 heterocycles. The van der Waals surface area contributed by atoms with Gasteiger partial charge >= 0.3 is 0 Å². The van der Waals surface area contributed by atoms with Crippen LogP contribution in [0.3, 0.4) is 0 Å². The number of allylic oxidation sites excluding steroid dienone is 1. The average Bonchev–Trinajstić information content (AvgIpc) is 4.23. The molecule has 0 unspecified atom stereocenters. The minimum Gasteiger partial charge on any atom is -0.489 e. The number of primary amides is 1. The monoisotopic (exact) mass is 1030 g/mol. The van der Waals surface area contributed by atoms with Crippen molar-refractivity contribution < 1.29 is 37.1 Å². The van der Waals surface area contributed by atoms with Crippen LogP contribution in [0.25, 0.3) is 16.6 Å². The van der Waals surface area contributed by atoms with Crippen LogP contribution in [0.15, 0.2) is 83.2 Å². The number of likely N-dealkylation sites (tertiary alicyclic amines) is 2. The number of nitrogens with one attached hydrogen (secondary N) is 2. The van der Waals surface area contributed by atoms with E-state index in [1.807, 2.05) is 17.0 Å². The van der Waals surface area contributed by atoms with Gasteiger partial charge < -0.3 is 44.8 Å². The van der Waals surface area contributed by atoms with Crippen LogP contribution in [-0.2, 0) is 19.3 Å². The lowest BCUT2D eigenvalue weighted by Gasteiger charge is -2.56. The number of nitrogens with two attached hydrogens (primary N) is 1. The second-order valence-corrected chi connectivity index (χ2v) is 24.0. The first-order valence-corrected chi connectivity index (χ1v) is 27.8. The molecule has 7 aliphatic heterocycles. The third-order valence-corrected chi connectivity index (χ3v) is 19.4. The summed E-state index contributed by atoms with van der Waals surface area (Å²) in [5.74, 6) is -0.762. The van der Waals surface area contributed by atoms with Crippen molar-refractivity contribution in [2.45, 2.75) is 104 Å². The molecule has 0 radical (unpaired) electrons. The van der Waals surface area contributed by atoms with E-state index in [4.69, 9.17) is 29.7 Å². The summed E-state index contributed by atoms with van der Waals surface area (Å²) in [6.07, 6.45) is 9.22. The van der Waals surface area contributed by atoms with Crippen molar-refractivity contribution in [2.24, 2.45) is 17.1 Å². The van der Waals surface area contributed by atoms with Gasteiger partial charge in [-0.2, -0.15) is 4.98 Å². The molecule has 6 fully saturated rings. The SMILES string of the molecule is C=C(C)c1ccccc1[C@@H]1CCCN1C1CC2(CCN(c3ccc(C(N)=O)c(N4C[C@@H]5COCC[C@H]5Oc5nc6[nH]ccc6cc54)c3S(=O)(=O)c3cc4c(c([N+](=O)[O-])c3)N[C@@H](CN3C[C@H]5C[C@@H]3CO5)CO4)CC2)C1. The van der Waals surface area contributed by atoms with Gasteiger partial charge in [0.1, 0.15) is 28.9 Å². The Balaban J connectivity index is 0.888. The molecule has 19 heteroatoms. The first-order chi connectivity index (χ1) is 35.8. The molecule has 6 atom stereocenters. The number of carbonyl (C=O) groups is 1. The van der Waals surface area contributed by atoms with Crippen LogP contribution in [0.4, 0.5) is 28.4 Å². The minimum atomic E-state index is -4.78. The number of carbonyl (C=O) groups excluding carboxylic acids is 1. The molecular formula is C55H63N9O9S. The quantitative estimate of drug-likeness (QED) is 0.0859. The van der Waals surface area contributed by atoms with Crippen molar-refractivity contribution in [1.82, 2.24) is 19.8 Å². The number of piperidine rings is 1. The molecule has 13 rings (SSSR count). The van der Waals surface area contributed by atoms with E-state index >= 15 is 8.42 Å². The number of nitro benzene ring substituents is 1. The number of aromatic nitrogens is 2. The lowest BCUT2D eigenvalue weighted by Crippen LogP contribution is -2.55. The van der Waals surface area contributed by atoms with Crippen molar-refractivity contribution in [3.05, 3.63) is 100 Å². The maximum absolute atomic E-state index is 16.2. The number of ether oxygens (including phenoxy) is 4. The zero-order valence-electron chi connectivity index (χ0n) is 41.7. The predicted molar refractivity (Wildman–Crippen MR) is 279 cm³/mol. The highest BCUT2D eigenvalue weighted by Gasteiger charge is 2.51. The first-order valence-electron chi connectivity index (χ1n) is 26.4. The summed E-state index contributed by atoms with van der Waals surface area (Å²) in [7, 11) is -4.78. The molecule has 3 aromatic carbocycles. The van der Waals surface area contributed by atoms with Crippen LogP contribution in [-0.4, -0.2) is 135 Å². The highest BCUT2D eigenvalue weighted by atomic mass is 32.2. The maximum atomic E-state index is 16.2. The van der Waals surface area contributed by atoms with Gasteiger partial charge in [0.15, 0.2) is 11.4 Å². The Morgan fingerprint density at radius 3 is 2.59 bits per heavy atom. The highest BCUT2D eigenvalue weighted by Crippen LogP contribution is 2.56. The number of anilines is 4. The largest absolute Gasteiger partial charge is 0.489 e. The molecule has 1 amide bonds. The van der Waals surface area contributed by atoms with Gasteiger partial charge in [0.2, 0.25) is 15.7 Å². The van der Waals surface area contributed by atoms with Gasteiger partial charge in [-0.25, -0.2) is 8.42 Å². The molecule has 8 aliphatic rings. The van der Waals surface area contributed by atoms with Crippen LogP contribution in [0.5, 0.6) is 11.6 Å². The zero-order chi connectivity index (χ0) is 50.6. The van der Waals surface area contributed by atoms with Gasteiger partial charge in [-0.3, -0.25) is 24.7 Å². The number of nitrogens with zero attached hydrogens (tertiary/aromatic N) is 6. The molecule has 18 nitrogen and oxygen atoms in total.